The summed E-state index contributed by atoms with van der Waals surface area (Å²) >= 11 is 0. The minimum atomic E-state index is -0.580. The molecule has 2 nitrogen and oxygen atoms in total. The predicted octanol–water partition coefficient (Wildman–Crippen LogP) is 1.83. The van der Waals surface area contributed by atoms with E-state index in [1.54, 1.807) is 0 Å². The Kier molecular flexibility index (Phi) is 4.65. The molecule has 4 heteroatoms. The van der Waals surface area contributed by atoms with E-state index in [0.717, 1.165) is 12.5 Å². The van der Waals surface area contributed by atoms with Gasteiger partial charge in [0.1, 0.15) is 11.6 Å². The molecule has 0 amide bonds. The summed E-state index contributed by atoms with van der Waals surface area (Å²) in [7, 11) is 0. The van der Waals surface area contributed by atoms with Crippen LogP contribution in [0.15, 0.2) is 18.2 Å². The van der Waals surface area contributed by atoms with Crippen molar-refractivity contribution in [3.63, 3.8) is 0 Å². The van der Waals surface area contributed by atoms with Gasteiger partial charge in [0.25, 0.3) is 0 Å². The van der Waals surface area contributed by atoms with E-state index >= 15 is 0 Å². The van der Waals surface area contributed by atoms with Gasteiger partial charge in [0.2, 0.25) is 0 Å². The Bertz CT molecular complexity index is 293. The zero-order valence-corrected chi connectivity index (χ0v) is 8.63. The van der Waals surface area contributed by atoms with Crippen molar-refractivity contribution in [2.24, 2.45) is 0 Å². The highest BCUT2D eigenvalue weighted by atomic mass is 19.1. The summed E-state index contributed by atoms with van der Waals surface area (Å²) < 4.78 is 25.6. The van der Waals surface area contributed by atoms with Crippen molar-refractivity contribution in [3.8, 4) is 0 Å². The number of rotatable bonds is 5. The Labute approximate surface area is 87.9 Å². The average Bonchev–Trinajstić information content (AvgIpc) is 2.18. The lowest BCUT2D eigenvalue weighted by atomic mass is 10.2. The maximum atomic E-state index is 12.8. The van der Waals surface area contributed by atoms with E-state index in [1.807, 2.05) is 6.92 Å². The van der Waals surface area contributed by atoms with Crippen molar-refractivity contribution >= 4 is 0 Å². The lowest BCUT2D eigenvalue weighted by Crippen LogP contribution is -2.31. The number of aliphatic hydroxyl groups excluding tert-OH is 1. The Hall–Kier alpha value is -1.00. The third kappa shape index (κ3) is 3.93. The first-order valence-corrected chi connectivity index (χ1v) is 4.95. The number of aliphatic hydroxyl groups is 1. The van der Waals surface area contributed by atoms with Crippen LogP contribution in [0, 0.1) is 11.6 Å². The predicted molar refractivity (Wildman–Crippen MR) is 54.4 cm³/mol. The van der Waals surface area contributed by atoms with Crippen LogP contribution in [-0.4, -0.2) is 17.8 Å². The van der Waals surface area contributed by atoms with E-state index in [9.17, 15) is 8.78 Å². The second-order valence-corrected chi connectivity index (χ2v) is 3.45. The molecule has 0 aliphatic rings. The van der Waals surface area contributed by atoms with Gasteiger partial charge in [-0.05, 0) is 24.1 Å². The van der Waals surface area contributed by atoms with Gasteiger partial charge in [0, 0.05) is 18.7 Å². The van der Waals surface area contributed by atoms with Crippen molar-refractivity contribution in [1.29, 1.82) is 0 Å². The zero-order chi connectivity index (χ0) is 11.3. The summed E-state index contributed by atoms with van der Waals surface area (Å²) in [5.74, 6) is -1.16. The lowest BCUT2D eigenvalue weighted by molar-refractivity contribution is 0.238. The van der Waals surface area contributed by atoms with Crippen molar-refractivity contribution in [2.45, 2.75) is 25.9 Å². The fourth-order valence-electron chi connectivity index (χ4n) is 1.31. The van der Waals surface area contributed by atoms with Crippen LogP contribution in [0.5, 0.6) is 0 Å². The van der Waals surface area contributed by atoms with Gasteiger partial charge in [-0.2, -0.15) is 0 Å². The molecule has 1 atom stereocenters. The van der Waals surface area contributed by atoms with E-state index in [1.165, 1.54) is 12.1 Å². The van der Waals surface area contributed by atoms with E-state index < -0.39 is 11.6 Å². The van der Waals surface area contributed by atoms with Crippen LogP contribution in [0.25, 0.3) is 0 Å². The van der Waals surface area contributed by atoms with Crippen molar-refractivity contribution in [1.82, 2.24) is 5.32 Å². The third-order valence-electron chi connectivity index (χ3n) is 2.23. The number of halogens is 2. The second kappa shape index (κ2) is 5.78. The van der Waals surface area contributed by atoms with Gasteiger partial charge >= 0.3 is 0 Å². The molecule has 0 radical (unpaired) electrons. The summed E-state index contributed by atoms with van der Waals surface area (Å²) in [6.45, 7) is 2.31. The van der Waals surface area contributed by atoms with E-state index in [4.69, 9.17) is 5.11 Å². The quantitative estimate of drug-likeness (QED) is 0.785. The largest absolute Gasteiger partial charge is 0.395 e. The molecule has 0 saturated heterocycles. The van der Waals surface area contributed by atoms with E-state index in [-0.39, 0.29) is 12.6 Å². The lowest BCUT2D eigenvalue weighted by Gasteiger charge is -2.13. The molecule has 0 aromatic heterocycles. The van der Waals surface area contributed by atoms with Crippen molar-refractivity contribution in [2.75, 3.05) is 6.61 Å². The molecule has 0 bridgehead atoms. The van der Waals surface area contributed by atoms with Gasteiger partial charge in [-0.15, -0.1) is 0 Å². The van der Waals surface area contributed by atoms with Gasteiger partial charge in [-0.1, -0.05) is 6.92 Å². The Balaban J connectivity index is 2.57. The first-order chi connectivity index (χ1) is 7.15. The van der Waals surface area contributed by atoms with Crippen LogP contribution in [0.4, 0.5) is 8.78 Å². The molecule has 1 aromatic carbocycles. The summed E-state index contributed by atoms with van der Waals surface area (Å²) in [5.41, 5.74) is 0.541. The van der Waals surface area contributed by atoms with Gasteiger partial charge in [0.05, 0.1) is 6.61 Å². The number of benzene rings is 1. The molecule has 1 rings (SSSR count). The smallest absolute Gasteiger partial charge is 0.126 e. The molecule has 1 unspecified atom stereocenters. The normalized spacial score (nSPS) is 12.8. The first kappa shape index (κ1) is 12.1. The minimum absolute atomic E-state index is 0.0221. The maximum Gasteiger partial charge on any atom is 0.126 e. The molecule has 1 aromatic rings. The molecule has 2 N–H and O–H groups in total. The highest BCUT2D eigenvalue weighted by Gasteiger charge is 2.05. The van der Waals surface area contributed by atoms with Gasteiger partial charge < -0.3 is 10.4 Å². The first-order valence-electron chi connectivity index (χ1n) is 4.95. The molecule has 0 heterocycles. The molecule has 0 spiro atoms. The maximum absolute atomic E-state index is 12.8. The Morgan fingerprint density at radius 1 is 1.27 bits per heavy atom. The fourth-order valence-corrected chi connectivity index (χ4v) is 1.31. The summed E-state index contributed by atoms with van der Waals surface area (Å²) in [6, 6.07) is 3.36. The molecular weight excluding hydrogens is 200 g/mol. The van der Waals surface area contributed by atoms with Crippen LogP contribution in [-0.2, 0) is 6.54 Å². The molecule has 0 fully saturated rings. The molecule has 84 valence electrons. The van der Waals surface area contributed by atoms with Crippen LogP contribution in [0.1, 0.15) is 18.9 Å². The van der Waals surface area contributed by atoms with Crippen molar-refractivity contribution in [3.05, 3.63) is 35.4 Å². The third-order valence-corrected chi connectivity index (χ3v) is 2.23. The number of hydrogen-bond donors (Lipinski definition) is 2. The molecular formula is C11H15F2NO. The molecule has 0 aliphatic heterocycles. The topological polar surface area (TPSA) is 32.3 Å². The minimum Gasteiger partial charge on any atom is -0.395 e. The monoisotopic (exact) mass is 215 g/mol. The molecule has 0 aliphatic carbocycles. The van der Waals surface area contributed by atoms with E-state index in [2.05, 4.69) is 5.32 Å². The highest BCUT2D eigenvalue weighted by Crippen LogP contribution is 2.08. The van der Waals surface area contributed by atoms with Gasteiger partial charge in [-0.25, -0.2) is 8.78 Å². The summed E-state index contributed by atoms with van der Waals surface area (Å²) in [6.07, 6.45) is 0.772. The van der Waals surface area contributed by atoms with Gasteiger partial charge in [0.15, 0.2) is 0 Å². The average molecular weight is 215 g/mol. The van der Waals surface area contributed by atoms with Crippen LogP contribution in [0.3, 0.4) is 0 Å². The number of nitrogens with one attached hydrogen (secondary N) is 1. The Morgan fingerprint density at radius 3 is 2.33 bits per heavy atom. The van der Waals surface area contributed by atoms with Gasteiger partial charge in [-0.3, -0.25) is 0 Å². The summed E-state index contributed by atoms with van der Waals surface area (Å²) in [4.78, 5) is 0. The molecule has 0 saturated carbocycles. The fraction of sp³-hybridized carbons (Fsp3) is 0.455. The van der Waals surface area contributed by atoms with Crippen LogP contribution in [0.2, 0.25) is 0 Å². The van der Waals surface area contributed by atoms with Crippen LogP contribution < -0.4 is 5.32 Å². The van der Waals surface area contributed by atoms with E-state index in [0.29, 0.717) is 12.1 Å². The zero-order valence-electron chi connectivity index (χ0n) is 8.63. The standard InChI is InChI=1S/C11H15F2NO/c1-2-11(7-15)14-6-8-3-9(12)5-10(13)4-8/h3-5,11,14-15H,2,6-7H2,1H3. The number of hydrogen-bond acceptors (Lipinski definition) is 2. The molecule has 15 heavy (non-hydrogen) atoms. The van der Waals surface area contributed by atoms with Crippen molar-refractivity contribution < 1.29 is 13.9 Å². The summed E-state index contributed by atoms with van der Waals surface area (Å²) in [5, 5.41) is 11.9. The Morgan fingerprint density at radius 2 is 1.87 bits per heavy atom. The highest BCUT2D eigenvalue weighted by molar-refractivity contribution is 5.17. The SMILES string of the molecule is CCC(CO)NCc1cc(F)cc(F)c1. The van der Waals surface area contributed by atoms with Crippen LogP contribution >= 0.6 is 0 Å². The second-order valence-electron chi connectivity index (χ2n) is 3.45.